The minimum absolute atomic E-state index is 0.446. The summed E-state index contributed by atoms with van der Waals surface area (Å²) in [5, 5.41) is 6.79. The molecule has 0 spiro atoms. The molecule has 0 bridgehead atoms. The minimum atomic E-state index is 0.446. The Balaban J connectivity index is 2.61. The number of nitrogens with one attached hydrogen (secondary N) is 1. The van der Waals surface area contributed by atoms with E-state index in [1.54, 1.807) is 0 Å². The van der Waals surface area contributed by atoms with Gasteiger partial charge >= 0.3 is 0 Å². The van der Waals surface area contributed by atoms with Gasteiger partial charge in [0.1, 0.15) is 5.82 Å². The molecular formula is C9H8N3S2. The molecule has 1 aromatic carbocycles. The number of H-pyrrole nitrogens is 1. The zero-order valence-corrected chi connectivity index (χ0v) is 8.94. The van der Waals surface area contributed by atoms with Gasteiger partial charge in [-0.1, -0.05) is 30.8 Å². The smallest absolute Gasteiger partial charge is 0.199 e. The molecule has 0 amide bonds. The molecule has 0 aliphatic heterocycles. The Bertz CT molecular complexity index is 472. The van der Waals surface area contributed by atoms with Crippen LogP contribution in [0.15, 0.2) is 30.3 Å². The second-order valence-electron chi connectivity index (χ2n) is 2.76. The molecule has 5 heteroatoms. The Labute approximate surface area is 92.2 Å². The molecule has 0 atom stereocenters. The quantitative estimate of drug-likeness (QED) is 0.792. The van der Waals surface area contributed by atoms with Crippen molar-refractivity contribution in [3.63, 3.8) is 0 Å². The fraction of sp³-hybridized carbons (Fsp3) is 0.111. The van der Waals surface area contributed by atoms with Crippen LogP contribution in [0.4, 0.5) is 0 Å². The predicted octanol–water partition coefficient (Wildman–Crippen LogP) is 2.63. The molecule has 0 fully saturated rings. The Morgan fingerprint density at radius 3 is 2.64 bits per heavy atom. The van der Waals surface area contributed by atoms with E-state index in [-0.39, 0.29) is 0 Å². The molecule has 3 nitrogen and oxygen atoms in total. The van der Waals surface area contributed by atoms with E-state index in [4.69, 9.17) is 24.8 Å². The Hall–Kier alpha value is -1.07. The van der Waals surface area contributed by atoms with Gasteiger partial charge in [-0.2, -0.15) is 5.10 Å². The van der Waals surface area contributed by atoms with Crippen molar-refractivity contribution in [3.05, 3.63) is 40.9 Å². The number of rotatable bonds is 2. The third kappa shape index (κ3) is 1.60. The van der Waals surface area contributed by atoms with Crippen LogP contribution < -0.4 is 0 Å². The van der Waals surface area contributed by atoms with Gasteiger partial charge in [-0.3, -0.25) is 9.67 Å². The van der Waals surface area contributed by atoms with Crippen LogP contribution in [0.3, 0.4) is 0 Å². The molecule has 1 heterocycles. The Morgan fingerprint density at radius 2 is 2.00 bits per heavy atom. The number of hydrogen-bond donors (Lipinski definition) is 1. The van der Waals surface area contributed by atoms with Crippen LogP contribution in [0.2, 0.25) is 0 Å². The lowest BCUT2D eigenvalue weighted by Crippen LogP contribution is -1.98. The lowest BCUT2D eigenvalue weighted by molar-refractivity contribution is 0.952. The monoisotopic (exact) mass is 222 g/mol. The van der Waals surface area contributed by atoms with Gasteiger partial charge in [0, 0.05) is 5.69 Å². The third-order valence-electron chi connectivity index (χ3n) is 1.89. The van der Waals surface area contributed by atoms with Crippen molar-refractivity contribution in [2.75, 3.05) is 0 Å². The molecule has 2 aromatic rings. The van der Waals surface area contributed by atoms with Crippen LogP contribution in [0, 0.1) is 4.77 Å². The molecule has 0 unspecified atom stereocenters. The summed E-state index contributed by atoms with van der Waals surface area (Å²) < 4.78 is 2.43. The van der Waals surface area contributed by atoms with Crippen molar-refractivity contribution in [1.82, 2.24) is 14.8 Å². The van der Waals surface area contributed by atoms with Crippen LogP contribution in [0.5, 0.6) is 0 Å². The summed E-state index contributed by atoms with van der Waals surface area (Å²) in [6.07, 6.45) is 0. The number of benzene rings is 1. The van der Waals surface area contributed by atoms with Gasteiger partial charge in [0.05, 0.1) is 5.75 Å². The largest absolute Gasteiger partial charge is 0.271 e. The third-order valence-corrected chi connectivity index (χ3v) is 2.42. The molecule has 0 aliphatic carbocycles. The zero-order valence-electron chi connectivity index (χ0n) is 7.30. The number of para-hydroxylation sites is 1. The van der Waals surface area contributed by atoms with Crippen molar-refractivity contribution in [2.24, 2.45) is 0 Å². The van der Waals surface area contributed by atoms with Crippen LogP contribution in [0.1, 0.15) is 5.82 Å². The fourth-order valence-electron chi connectivity index (χ4n) is 1.27. The Morgan fingerprint density at radius 1 is 1.29 bits per heavy atom. The fourth-order valence-corrected chi connectivity index (χ4v) is 1.72. The SMILES string of the molecule is [S]Cc1n[nH]c(=S)n1-c1ccccc1. The second-order valence-corrected chi connectivity index (χ2v) is 3.44. The number of nitrogens with zero attached hydrogens (tertiary/aromatic N) is 2. The van der Waals surface area contributed by atoms with E-state index in [9.17, 15) is 0 Å². The summed E-state index contributed by atoms with van der Waals surface area (Å²) in [5.41, 5.74) is 0.992. The van der Waals surface area contributed by atoms with E-state index < -0.39 is 0 Å². The van der Waals surface area contributed by atoms with Gasteiger partial charge < -0.3 is 0 Å². The van der Waals surface area contributed by atoms with Crippen LogP contribution >= 0.6 is 24.8 Å². The number of hydrogen-bond acceptors (Lipinski definition) is 2. The van der Waals surface area contributed by atoms with Crippen molar-refractivity contribution in [1.29, 1.82) is 0 Å². The van der Waals surface area contributed by atoms with Crippen LogP contribution in [-0.4, -0.2) is 14.8 Å². The summed E-state index contributed by atoms with van der Waals surface area (Å²) >= 11 is 10.1. The molecule has 2 rings (SSSR count). The number of aromatic nitrogens is 3. The molecule has 14 heavy (non-hydrogen) atoms. The zero-order chi connectivity index (χ0) is 9.97. The highest BCUT2D eigenvalue weighted by atomic mass is 32.1. The lowest BCUT2D eigenvalue weighted by atomic mass is 10.3. The molecule has 71 valence electrons. The molecule has 0 saturated heterocycles. The summed E-state index contributed by atoms with van der Waals surface area (Å²) in [5.74, 6) is 1.22. The van der Waals surface area contributed by atoms with Crippen molar-refractivity contribution in [2.45, 2.75) is 5.75 Å². The normalized spacial score (nSPS) is 10.4. The molecule has 1 N–H and O–H groups in total. The van der Waals surface area contributed by atoms with Crippen LogP contribution in [0.25, 0.3) is 5.69 Å². The first-order chi connectivity index (χ1) is 6.83. The van der Waals surface area contributed by atoms with Gasteiger partial charge in [-0.05, 0) is 24.4 Å². The first-order valence-electron chi connectivity index (χ1n) is 4.13. The van der Waals surface area contributed by atoms with Crippen LogP contribution in [-0.2, 0) is 5.75 Å². The summed E-state index contributed by atoms with van der Waals surface area (Å²) in [6, 6.07) is 9.81. The molecule has 0 aliphatic rings. The maximum Gasteiger partial charge on any atom is 0.199 e. The maximum atomic E-state index is 5.12. The van der Waals surface area contributed by atoms with E-state index >= 15 is 0 Å². The highest BCUT2D eigenvalue weighted by molar-refractivity contribution is 7.79. The van der Waals surface area contributed by atoms with E-state index in [0.29, 0.717) is 10.5 Å². The molecule has 0 saturated carbocycles. The first kappa shape index (κ1) is 9.48. The van der Waals surface area contributed by atoms with Crippen molar-refractivity contribution in [3.8, 4) is 5.69 Å². The van der Waals surface area contributed by atoms with Crippen molar-refractivity contribution >= 4 is 24.8 Å². The maximum absolute atomic E-state index is 5.12. The number of aromatic amines is 1. The van der Waals surface area contributed by atoms with Gasteiger partial charge in [-0.15, -0.1) is 0 Å². The summed E-state index contributed by atoms with van der Waals surface area (Å²) in [4.78, 5) is 0. The standard InChI is InChI=1S/C9H8N3S2/c13-6-8-10-11-9(14)12(8)7-4-2-1-3-5-7/h1-5H,6H2,(H,11,14). The molecular weight excluding hydrogens is 214 g/mol. The second kappa shape index (κ2) is 3.98. The summed E-state index contributed by atoms with van der Waals surface area (Å²) in [7, 11) is 0. The molecule has 1 radical (unpaired) electrons. The van der Waals surface area contributed by atoms with E-state index in [1.165, 1.54) is 0 Å². The first-order valence-corrected chi connectivity index (χ1v) is 5.11. The topological polar surface area (TPSA) is 33.6 Å². The van der Waals surface area contributed by atoms with Crippen molar-refractivity contribution < 1.29 is 0 Å². The minimum Gasteiger partial charge on any atom is -0.271 e. The van der Waals surface area contributed by atoms with E-state index in [0.717, 1.165) is 11.5 Å². The highest BCUT2D eigenvalue weighted by Crippen LogP contribution is 2.11. The average Bonchev–Trinajstić information content (AvgIpc) is 2.61. The van der Waals surface area contributed by atoms with E-state index in [1.807, 2.05) is 34.9 Å². The highest BCUT2D eigenvalue weighted by Gasteiger charge is 2.05. The summed E-state index contributed by atoms with van der Waals surface area (Å²) in [6.45, 7) is 0. The van der Waals surface area contributed by atoms with E-state index in [2.05, 4.69) is 10.2 Å². The van der Waals surface area contributed by atoms with Gasteiger partial charge in [0.15, 0.2) is 4.77 Å². The Kier molecular flexibility index (Phi) is 2.69. The van der Waals surface area contributed by atoms with Gasteiger partial charge in [-0.25, -0.2) is 0 Å². The predicted molar refractivity (Wildman–Crippen MR) is 60.0 cm³/mol. The van der Waals surface area contributed by atoms with Gasteiger partial charge in [0.2, 0.25) is 0 Å². The lowest BCUT2D eigenvalue weighted by Gasteiger charge is -2.03. The molecule has 1 aromatic heterocycles. The average molecular weight is 222 g/mol. The van der Waals surface area contributed by atoms with Gasteiger partial charge in [0.25, 0.3) is 0 Å².